The van der Waals surface area contributed by atoms with Gasteiger partial charge in [0, 0.05) is 19.3 Å². The minimum Gasteiger partial charge on any atom is -0.377 e. The van der Waals surface area contributed by atoms with Gasteiger partial charge in [-0.15, -0.1) is 0 Å². The fourth-order valence-electron chi connectivity index (χ4n) is 1.22. The summed E-state index contributed by atoms with van der Waals surface area (Å²) in [5, 5.41) is 3.23. The molecule has 3 heteroatoms. The average molecular weight is 194 g/mol. The molecule has 1 aromatic heterocycles. The Morgan fingerprint density at radius 1 is 1.57 bits per heavy atom. The Bertz CT molecular complexity index is 276. The summed E-state index contributed by atoms with van der Waals surface area (Å²) in [6.45, 7) is 7.65. The van der Waals surface area contributed by atoms with E-state index in [0.717, 1.165) is 19.0 Å². The summed E-state index contributed by atoms with van der Waals surface area (Å²) in [7, 11) is 0. The van der Waals surface area contributed by atoms with Gasteiger partial charge in [-0.2, -0.15) is 0 Å². The van der Waals surface area contributed by atoms with Crippen LogP contribution >= 0.6 is 0 Å². The summed E-state index contributed by atoms with van der Waals surface area (Å²) in [4.78, 5) is 4.20. The number of aromatic nitrogens is 1. The van der Waals surface area contributed by atoms with E-state index in [2.05, 4.69) is 17.2 Å². The number of hydrogen-bond donors (Lipinski definition) is 1. The van der Waals surface area contributed by atoms with Crippen molar-refractivity contribution >= 4 is 5.82 Å². The van der Waals surface area contributed by atoms with Gasteiger partial charge in [-0.1, -0.05) is 0 Å². The molecule has 0 aliphatic heterocycles. The van der Waals surface area contributed by atoms with Gasteiger partial charge in [0.1, 0.15) is 5.82 Å². The molecule has 0 amide bonds. The molecule has 0 saturated carbocycles. The number of hydrogen-bond acceptors (Lipinski definition) is 3. The van der Waals surface area contributed by atoms with Crippen LogP contribution in [0.25, 0.3) is 0 Å². The van der Waals surface area contributed by atoms with E-state index in [9.17, 15) is 0 Å². The molecule has 1 aromatic rings. The minimum atomic E-state index is 0.224. The summed E-state index contributed by atoms with van der Waals surface area (Å²) in [5.41, 5.74) is 1.21. The van der Waals surface area contributed by atoms with E-state index < -0.39 is 0 Å². The average Bonchev–Trinajstić information content (AvgIpc) is 2.15. The number of nitrogens with zero attached hydrogens (tertiary/aromatic N) is 1. The zero-order valence-electron chi connectivity index (χ0n) is 9.08. The van der Waals surface area contributed by atoms with Crippen LogP contribution in [0, 0.1) is 6.92 Å². The molecule has 0 aromatic carbocycles. The van der Waals surface area contributed by atoms with Crippen LogP contribution in [0.3, 0.4) is 0 Å². The highest BCUT2D eigenvalue weighted by molar-refractivity contribution is 5.36. The lowest BCUT2D eigenvalue weighted by molar-refractivity contribution is 0.0855. The van der Waals surface area contributed by atoms with E-state index in [1.54, 1.807) is 0 Å². The second-order valence-corrected chi connectivity index (χ2v) is 3.37. The molecule has 1 N–H and O–H groups in total. The molecule has 0 spiro atoms. The van der Waals surface area contributed by atoms with Crippen molar-refractivity contribution in [3.8, 4) is 0 Å². The molecule has 0 bridgehead atoms. The Morgan fingerprint density at radius 2 is 2.36 bits per heavy atom. The lowest BCUT2D eigenvalue weighted by atomic mass is 10.3. The third-order valence-corrected chi connectivity index (χ3v) is 1.94. The second-order valence-electron chi connectivity index (χ2n) is 3.37. The third-order valence-electron chi connectivity index (χ3n) is 1.94. The Labute approximate surface area is 85.5 Å². The van der Waals surface area contributed by atoms with Gasteiger partial charge in [0.15, 0.2) is 0 Å². The Hall–Kier alpha value is -1.09. The summed E-state index contributed by atoms with van der Waals surface area (Å²) in [5.74, 6) is 0.913. The van der Waals surface area contributed by atoms with Gasteiger partial charge >= 0.3 is 0 Å². The number of rotatable bonds is 5. The number of nitrogens with one attached hydrogen (secondary N) is 1. The quantitative estimate of drug-likeness (QED) is 0.780. The summed E-state index contributed by atoms with van der Waals surface area (Å²) in [6, 6.07) is 4.01. The largest absolute Gasteiger partial charge is 0.377 e. The summed E-state index contributed by atoms with van der Waals surface area (Å²) in [6.07, 6.45) is 2.03. The monoisotopic (exact) mass is 194 g/mol. The molecular formula is C11H18N2O. The maximum atomic E-state index is 5.40. The molecule has 0 aliphatic carbocycles. The van der Waals surface area contributed by atoms with Crippen molar-refractivity contribution in [2.75, 3.05) is 18.5 Å². The highest BCUT2D eigenvalue weighted by Crippen LogP contribution is 2.05. The van der Waals surface area contributed by atoms with E-state index in [1.165, 1.54) is 5.56 Å². The first-order valence-electron chi connectivity index (χ1n) is 5.00. The highest BCUT2D eigenvalue weighted by atomic mass is 16.5. The van der Waals surface area contributed by atoms with E-state index in [0.29, 0.717) is 0 Å². The Morgan fingerprint density at radius 3 is 3.00 bits per heavy atom. The molecule has 0 aliphatic rings. The number of pyridine rings is 1. The van der Waals surface area contributed by atoms with Gasteiger partial charge < -0.3 is 10.1 Å². The van der Waals surface area contributed by atoms with Gasteiger partial charge in [0.25, 0.3) is 0 Å². The lowest BCUT2D eigenvalue weighted by Crippen LogP contribution is -2.20. The van der Waals surface area contributed by atoms with E-state index >= 15 is 0 Å². The van der Waals surface area contributed by atoms with Gasteiger partial charge in [-0.3, -0.25) is 0 Å². The van der Waals surface area contributed by atoms with Crippen LogP contribution in [0.2, 0.25) is 0 Å². The van der Waals surface area contributed by atoms with Crippen molar-refractivity contribution in [1.82, 2.24) is 4.98 Å². The smallest absolute Gasteiger partial charge is 0.126 e. The van der Waals surface area contributed by atoms with Gasteiger partial charge in [-0.05, 0) is 38.5 Å². The molecule has 3 nitrogen and oxygen atoms in total. The predicted octanol–water partition coefficient (Wildman–Crippen LogP) is 2.23. The fraction of sp³-hybridized carbons (Fsp3) is 0.545. The van der Waals surface area contributed by atoms with Crippen molar-refractivity contribution in [3.05, 3.63) is 23.9 Å². The van der Waals surface area contributed by atoms with Crippen molar-refractivity contribution in [2.24, 2.45) is 0 Å². The standard InChI is InChI=1S/C11H18N2O/c1-4-14-10(3)8-13-11-7-9(2)5-6-12-11/h5-7,10H,4,8H2,1-3H3,(H,12,13). The van der Waals surface area contributed by atoms with Gasteiger partial charge in [0.2, 0.25) is 0 Å². The molecule has 1 heterocycles. The molecule has 1 rings (SSSR count). The molecule has 78 valence electrons. The number of anilines is 1. The van der Waals surface area contributed by atoms with Crippen LogP contribution < -0.4 is 5.32 Å². The van der Waals surface area contributed by atoms with E-state index in [4.69, 9.17) is 4.74 Å². The second kappa shape index (κ2) is 5.60. The minimum absolute atomic E-state index is 0.224. The van der Waals surface area contributed by atoms with Crippen LogP contribution in [-0.4, -0.2) is 24.2 Å². The van der Waals surface area contributed by atoms with Crippen molar-refractivity contribution in [3.63, 3.8) is 0 Å². The normalized spacial score (nSPS) is 12.5. The number of aryl methyl sites for hydroxylation is 1. The Kier molecular flexibility index (Phi) is 4.40. The van der Waals surface area contributed by atoms with Crippen LogP contribution in [0.1, 0.15) is 19.4 Å². The van der Waals surface area contributed by atoms with Crippen LogP contribution in [0.5, 0.6) is 0 Å². The van der Waals surface area contributed by atoms with Crippen LogP contribution in [0.4, 0.5) is 5.82 Å². The Balaban J connectivity index is 2.37. The topological polar surface area (TPSA) is 34.1 Å². The first-order chi connectivity index (χ1) is 6.72. The van der Waals surface area contributed by atoms with E-state index in [-0.39, 0.29) is 6.10 Å². The predicted molar refractivity (Wildman–Crippen MR) is 58.6 cm³/mol. The molecular weight excluding hydrogens is 176 g/mol. The lowest BCUT2D eigenvalue weighted by Gasteiger charge is -2.12. The maximum absolute atomic E-state index is 5.40. The van der Waals surface area contributed by atoms with Gasteiger partial charge in [-0.25, -0.2) is 4.98 Å². The zero-order valence-corrected chi connectivity index (χ0v) is 9.08. The first-order valence-corrected chi connectivity index (χ1v) is 5.00. The highest BCUT2D eigenvalue weighted by Gasteiger charge is 2.00. The first kappa shape index (κ1) is 11.0. The number of ether oxygens (including phenoxy) is 1. The summed E-state index contributed by atoms with van der Waals surface area (Å²) < 4.78 is 5.40. The van der Waals surface area contributed by atoms with E-state index in [1.807, 2.05) is 32.2 Å². The maximum Gasteiger partial charge on any atom is 0.126 e. The zero-order chi connectivity index (χ0) is 10.4. The fourth-order valence-corrected chi connectivity index (χ4v) is 1.22. The third kappa shape index (κ3) is 3.75. The van der Waals surface area contributed by atoms with Crippen molar-refractivity contribution in [2.45, 2.75) is 26.9 Å². The van der Waals surface area contributed by atoms with Crippen molar-refractivity contribution < 1.29 is 4.74 Å². The van der Waals surface area contributed by atoms with Crippen LogP contribution in [-0.2, 0) is 4.74 Å². The summed E-state index contributed by atoms with van der Waals surface area (Å²) >= 11 is 0. The molecule has 0 fully saturated rings. The van der Waals surface area contributed by atoms with Crippen molar-refractivity contribution in [1.29, 1.82) is 0 Å². The molecule has 1 unspecified atom stereocenters. The van der Waals surface area contributed by atoms with Gasteiger partial charge in [0.05, 0.1) is 6.10 Å². The molecule has 1 atom stereocenters. The van der Waals surface area contributed by atoms with Crippen LogP contribution in [0.15, 0.2) is 18.3 Å². The molecule has 0 radical (unpaired) electrons. The molecule has 0 saturated heterocycles. The SMILES string of the molecule is CCOC(C)CNc1cc(C)ccn1. The molecule has 14 heavy (non-hydrogen) atoms.